The number of pyridine rings is 2. The van der Waals surface area contributed by atoms with Gasteiger partial charge in [0.15, 0.2) is 0 Å². The molecule has 0 N–H and O–H groups in total. The zero-order valence-corrected chi connectivity index (χ0v) is 13.3. The zero-order valence-electron chi connectivity index (χ0n) is 13.3. The van der Waals surface area contributed by atoms with Crippen molar-refractivity contribution in [1.29, 1.82) is 0 Å². The number of ether oxygens (including phenoxy) is 1. The second kappa shape index (κ2) is 7.37. The number of para-hydroxylation sites is 1. The molecule has 0 spiro atoms. The van der Waals surface area contributed by atoms with Gasteiger partial charge in [-0.15, -0.1) is 0 Å². The van der Waals surface area contributed by atoms with Crippen LogP contribution in [0.15, 0.2) is 73.2 Å². The highest BCUT2D eigenvalue weighted by atomic mass is 16.5. The Labute approximate surface area is 140 Å². The highest BCUT2D eigenvalue weighted by molar-refractivity contribution is 5.93. The first-order valence-electron chi connectivity index (χ1n) is 7.56. The van der Waals surface area contributed by atoms with E-state index in [-0.39, 0.29) is 5.91 Å². The first-order chi connectivity index (χ1) is 11.7. The fourth-order valence-electron chi connectivity index (χ4n) is 2.28. The molecular formula is C19H17N3O2. The largest absolute Gasteiger partial charge is 0.439 e. The van der Waals surface area contributed by atoms with Crippen molar-refractivity contribution >= 4 is 5.91 Å². The van der Waals surface area contributed by atoms with Gasteiger partial charge in [-0.1, -0.05) is 24.3 Å². The molecule has 5 heteroatoms. The Hall–Kier alpha value is -3.21. The minimum atomic E-state index is -0.0769. The van der Waals surface area contributed by atoms with Crippen molar-refractivity contribution in [2.75, 3.05) is 7.05 Å². The topological polar surface area (TPSA) is 55.3 Å². The van der Waals surface area contributed by atoms with E-state index in [9.17, 15) is 4.79 Å². The third-order valence-corrected chi connectivity index (χ3v) is 3.49. The van der Waals surface area contributed by atoms with Crippen LogP contribution in [0.5, 0.6) is 11.6 Å². The minimum Gasteiger partial charge on any atom is -0.439 e. The molecule has 120 valence electrons. The molecule has 0 fully saturated rings. The standard InChI is InChI=1S/C19H17N3O2/c1-22(19(23)15-9-12-20-13-10-15)14-16-6-5-11-21-18(16)24-17-7-3-2-4-8-17/h2-13H,14H2,1H3. The normalized spacial score (nSPS) is 10.2. The van der Waals surface area contributed by atoms with Crippen molar-refractivity contribution in [3.8, 4) is 11.6 Å². The number of rotatable bonds is 5. The molecule has 0 aliphatic rings. The summed E-state index contributed by atoms with van der Waals surface area (Å²) in [7, 11) is 1.75. The highest BCUT2D eigenvalue weighted by Gasteiger charge is 2.15. The van der Waals surface area contributed by atoms with Gasteiger partial charge >= 0.3 is 0 Å². The van der Waals surface area contributed by atoms with Crippen molar-refractivity contribution in [2.24, 2.45) is 0 Å². The summed E-state index contributed by atoms with van der Waals surface area (Å²) < 4.78 is 5.84. The predicted octanol–water partition coefficient (Wildman–Crippen LogP) is 3.54. The highest BCUT2D eigenvalue weighted by Crippen LogP contribution is 2.23. The van der Waals surface area contributed by atoms with Crippen molar-refractivity contribution in [2.45, 2.75) is 6.54 Å². The van der Waals surface area contributed by atoms with E-state index in [1.165, 1.54) is 0 Å². The van der Waals surface area contributed by atoms with E-state index in [1.807, 2.05) is 42.5 Å². The first kappa shape index (κ1) is 15.7. The van der Waals surface area contributed by atoms with Gasteiger partial charge in [-0.25, -0.2) is 4.98 Å². The molecule has 0 aliphatic carbocycles. The van der Waals surface area contributed by atoms with Crippen LogP contribution in [-0.2, 0) is 6.54 Å². The van der Waals surface area contributed by atoms with Crippen LogP contribution in [0.2, 0.25) is 0 Å². The lowest BCUT2D eigenvalue weighted by Gasteiger charge is -2.18. The van der Waals surface area contributed by atoms with E-state index < -0.39 is 0 Å². The molecule has 24 heavy (non-hydrogen) atoms. The Morgan fingerprint density at radius 1 is 1.00 bits per heavy atom. The minimum absolute atomic E-state index is 0.0769. The number of hydrogen-bond donors (Lipinski definition) is 0. The van der Waals surface area contributed by atoms with Gasteiger partial charge in [-0.05, 0) is 30.3 Å². The molecule has 5 nitrogen and oxygen atoms in total. The second-order valence-electron chi connectivity index (χ2n) is 5.28. The number of carbonyl (C=O) groups excluding carboxylic acids is 1. The molecule has 3 aromatic rings. The molecule has 0 aliphatic heterocycles. The Bertz CT molecular complexity index is 807. The Kier molecular flexibility index (Phi) is 4.81. The molecule has 0 saturated heterocycles. The van der Waals surface area contributed by atoms with E-state index in [4.69, 9.17) is 4.74 Å². The van der Waals surface area contributed by atoms with Gasteiger partial charge < -0.3 is 9.64 Å². The van der Waals surface area contributed by atoms with Gasteiger partial charge in [0.1, 0.15) is 5.75 Å². The molecule has 2 aromatic heterocycles. The smallest absolute Gasteiger partial charge is 0.254 e. The lowest BCUT2D eigenvalue weighted by molar-refractivity contribution is 0.0784. The average Bonchev–Trinajstić information content (AvgIpc) is 2.64. The first-order valence-corrected chi connectivity index (χ1v) is 7.56. The number of carbonyl (C=O) groups is 1. The summed E-state index contributed by atoms with van der Waals surface area (Å²) in [6, 6.07) is 16.6. The van der Waals surface area contributed by atoms with Gasteiger partial charge in [0.2, 0.25) is 5.88 Å². The van der Waals surface area contributed by atoms with Crippen LogP contribution < -0.4 is 4.74 Å². The van der Waals surface area contributed by atoms with Crippen LogP contribution in [0.1, 0.15) is 15.9 Å². The van der Waals surface area contributed by atoms with Crippen molar-refractivity contribution in [3.05, 3.63) is 84.3 Å². The maximum absolute atomic E-state index is 12.5. The quantitative estimate of drug-likeness (QED) is 0.722. The maximum Gasteiger partial charge on any atom is 0.254 e. The summed E-state index contributed by atoms with van der Waals surface area (Å²) >= 11 is 0. The third kappa shape index (κ3) is 3.76. The molecule has 0 radical (unpaired) electrons. The van der Waals surface area contributed by atoms with Crippen LogP contribution in [0.25, 0.3) is 0 Å². The Balaban J connectivity index is 1.76. The van der Waals surface area contributed by atoms with E-state index in [1.54, 1.807) is 42.7 Å². The predicted molar refractivity (Wildman–Crippen MR) is 90.8 cm³/mol. The molecule has 0 atom stereocenters. The lowest BCUT2D eigenvalue weighted by Crippen LogP contribution is -2.26. The van der Waals surface area contributed by atoms with E-state index >= 15 is 0 Å². The van der Waals surface area contributed by atoms with E-state index in [2.05, 4.69) is 9.97 Å². The number of nitrogens with zero attached hydrogens (tertiary/aromatic N) is 3. The molecule has 0 saturated carbocycles. The van der Waals surface area contributed by atoms with Crippen LogP contribution in [0.3, 0.4) is 0 Å². The Morgan fingerprint density at radius 3 is 2.50 bits per heavy atom. The molecule has 2 heterocycles. The molecule has 1 aromatic carbocycles. The summed E-state index contributed by atoms with van der Waals surface area (Å²) in [6.07, 6.45) is 4.89. The summed E-state index contributed by atoms with van der Waals surface area (Å²) in [5.74, 6) is 1.13. The summed E-state index contributed by atoms with van der Waals surface area (Å²) in [5.41, 5.74) is 1.44. The van der Waals surface area contributed by atoms with Crippen LogP contribution in [0, 0.1) is 0 Å². The molecule has 3 rings (SSSR count). The molecule has 0 unspecified atom stereocenters. The number of aromatic nitrogens is 2. The summed E-state index contributed by atoms with van der Waals surface area (Å²) in [6.45, 7) is 0.400. The van der Waals surface area contributed by atoms with Crippen molar-refractivity contribution in [3.63, 3.8) is 0 Å². The van der Waals surface area contributed by atoms with Gasteiger partial charge in [0.25, 0.3) is 5.91 Å². The maximum atomic E-state index is 12.5. The van der Waals surface area contributed by atoms with E-state index in [0.717, 1.165) is 5.56 Å². The number of amides is 1. The second-order valence-corrected chi connectivity index (χ2v) is 5.28. The van der Waals surface area contributed by atoms with Crippen LogP contribution in [0.4, 0.5) is 0 Å². The van der Waals surface area contributed by atoms with Gasteiger partial charge in [-0.3, -0.25) is 9.78 Å². The monoisotopic (exact) mass is 319 g/mol. The molecule has 1 amide bonds. The number of benzene rings is 1. The fourth-order valence-corrected chi connectivity index (χ4v) is 2.28. The Morgan fingerprint density at radius 2 is 1.75 bits per heavy atom. The van der Waals surface area contributed by atoms with Crippen molar-refractivity contribution in [1.82, 2.24) is 14.9 Å². The molecule has 0 bridgehead atoms. The fraction of sp³-hybridized carbons (Fsp3) is 0.105. The lowest BCUT2D eigenvalue weighted by atomic mass is 10.2. The summed E-state index contributed by atoms with van der Waals surface area (Å²) in [4.78, 5) is 22.3. The number of hydrogen-bond acceptors (Lipinski definition) is 4. The van der Waals surface area contributed by atoms with Crippen molar-refractivity contribution < 1.29 is 9.53 Å². The van der Waals surface area contributed by atoms with Gasteiger partial charge in [0, 0.05) is 36.8 Å². The zero-order chi connectivity index (χ0) is 16.8. The summed E-state index contributed by atoms with van der Waals surface area (Å²) in [5, 5.41) is 0. The average molecular weight is 319 g/mol. The SMILES string of the molecule is CN(Cc1cccnc1Oc1ccccc1)C(=O)c1ccncc1. The third-order valence-electron chi connectivity index (χ3n) is 3.49. The van der Waals surface area contributed by atoms with Gasteiger partial charge in [0.05, 0.1) is 6.54 Å². The van der Waals surface area contributed by atoms with Crippen LogP contribution in [-0.4, -0.2) is 27.8 Å². The van der Waals surface area contributed by atoms with Gasteiger partial charge in [-0.2, -0.15) is 0 Å². The van der Waals surface area contributed by atoms with E-state index in [0.29, 0.717) is 23.7 Å². The van der Waals surface area contributed by atoms with Crippen LogP contribution >= 0.6 is 0 Å². The molecular weight excluding hydrogens is 302 g/mol.